The highest BCUT2D eigenvalue weighted by molar-refractivity contribution is 5.88. The molecule has 0 unspecified atom stereocenters. The van der Waals surface area contributed by atoms with E-state index >= 15 is 0 Å². The van der Waals surface area contributed by atoms with Crippen molar-refractivity contribution in [3.63, 3.8) is 0 Å². The average molecular weight is 285 g/mol. The predicted molar refractivity (Wildman–Crippen MR) is 62.8 cm³/mol. The summed E-state index contributed by atoms with van der Waals surface area (Å²) in [5.74, 6) is -0.578. The van der Waals surface area contributed by atoms with Crippen molar-refractivity contribution in [1.82, 2.24) is 15.2 Å². The van der Waals surface area contributed by atoms with Crippen molar-refractivity contribution in [3.05, 3.63) is 35.8 Å². The fourth-order valence-electron chi connectivity index (χ4n) is 1.50. The molecule has 1 N–H and O–H groups in total. The average Bonchev–Trinajstić information content (AvgIpc) is 2.88. The van der Waals surface area contributed by atoms with Crippen LogP contribution in [0.25, 0.3) is 11.3 Å². The van der Waals surface area contributed by atoms with E-state index in [9.17, 15) is 18.0 Å². The van der Waals surface area contributed by atoms with Crippen molar-refractivity contribution in [2.45, 2.75) is 13.1 Å². The second kappa shape index (κ2) is 5.32. The normalized spacial score (nSPS) is 11.4. The summed E-state index contributed by atoms with van der Waals surface area (Å²) in [7, 11) is 0. The Labute approximate surface area is 111 Å². The third-order valence-electron chi connectivity index (χ3n) is 2.42. The number of rotatable bonds is 3. The van der Waals surface area contributed by atoms with Crippen LogP contribution in [0.4, 0.5) is 13.2 Å². The van der Waals surface area contributed by atoms with Crippen LogP contribution in [-0.2, 0) is 10.9 Å². The molecule has 0 amide bonds. The molecule has 0 aliphatic heterocycles. The minimum Gasteiger partial charge on any atom is -0.461 e. The van der Waals surface area contributed by atoms with Crippen LogP contribution in [0.1, 0.15) is 23.1 Å². The lowest BCUT2D eigenvalue weighted by Crippen LogP contribution is -2.07. The molecule has 2 aromatic heterocycles. The van der Waals surface area contributed by atoms with Gasteiger partial charge in [-0.1, -0.05) is 0 Å². The highest BCUT2D eigenvalue weighted by atomic mass is 19.4. The molecule has 0 aliphatic rings. The summed E-state index contributed by atoms with van der Waals surface area (Å²) in [6, 6.07) is 3.48. The Kier molecular flexibility index (Phi) is 3.73. The van der Waals surface area contributed by atoms with Crippen molar-refractivity contribution in [2.24, 2.45) is 0 Å². The molecule has 2 heterocycles. The third-order valence-corrected chi connectivity index (χ3v) is 2.42. The number of hydrogen-bond acceptors (Lipinski definition) is 4. The molecule has 2 rings (SSSR count). The van der Waals surface area contributed by atoms with E-state index < -0.39 is 17.8 Å². The topological polar surface area (TPSA) is 67.9 Å². The van der Waals surface area contributed by atoms with Gasteiger partial charge in [-0.05, 0) is 25.1 Å². The number of ether oxygens (including phenoxy) is 1. The molecule has 0 atom stereocenters. The molecule has 0 saturated carbocycles. The van der Waals surface area contributed by atoms with E-state index in [4.69, 9.17) is 4.74 Å². The van der Waals surface area contributed by atoms with Crippen LogP contribution in [0, 0.1) is 0 Å². The molecule has 0 saturated heterocycles. The van der Waals surface area contributed by atoms with Gasteiger partial charge in [-0.3, -0.25) is 10.1 Å². The number of pyridine rings is 1. The molecule has 0 radical (unpaired) electrons. The van der Waals surface area contributed by atoms with Gasteiger partial charge in [0, 0.05) is 11.8 Å². The zero-order chi connectivity index (χ0) is 14.8. The maximum Gasteiger partial charge on any atom is 0.433 e. The number of aromatic amines is 1. The Morgan fingerprint density at radius 1 is 1.40 bits per heavy atom. The van der Waals surface area contributed by atoms with E-state index in [1.807, 2.05) is 0 Å². The van der Waals surface area contributed by atoms with Gasteiger partial charge in [0.15, 0.2) is 0 Å². The van der Waals surface area contributed by atoms with E-state index in [0.29, 0.717) is 11.3 Å². The van der Waals surface area contributed by atoms with Crippen molar-refractivity contribution in [2.75, 3.05) is 6.61 Å². The first-order valence-electron chi connectivity index (χ1n) is 5.68. The van der Waals surface area contributed by atoms with E-state index in [1.54, 1.807) is 6.92 Å². The smallest absolute Gasteiger partial charge is 0.433 e. The molecule has 0 fully saturated rings. The standard InChI is InChI=1S/C12H10F3N3O2/c1-2-20-11(19)9-5-8(17-18-9)7-3-4-10(16-6-7)12(13,14)15/h3-6H,2H2,1H3,(H,17,18). The highest BCUT2D eigenvalue weighted by Crippen LogP contribution is 2.28. The Hall–Kier alpha value is -2.38. The summed E-state index contributed by atoms with van der Waals surface area (Å²) in [5.41, 5.74) is -0.178. The van der Waals surface area contributed by atoms with Crippen LogP contribution in [0.15, 0.2) is 24.4 Å². The SMILES string of the molecule is CCOC(=O)c1cc(-c2ccc(C(F)(F)F)nc2)n[nH]1. The molecular formula is C12H10F3N3O2. The van der Waals surface area contributed by atoms with Gasteiger partial charge in [-0.15, -0.1) is 0 Å². The molecule has 2 aromatic rings. The zero-order valence-corrected chi connectivity index (χ0v) is 10.4. The minimum atomic E-state index is -4.49. The Bertz CT molecular complexity index is 605. The van der Waals surface area contributed by atoms with Crippen LogP contribution in [0.2, 0.25) is 0 Å². The van der Waals surface area contributed by atoms with Gasteiger partial charge in [-0.2, -0.15) is 18.3 Å². The Morgan fingerprint density at radius 2 is 2.15 bits per heavy atom. The van der Waals surface area contributed by atoms with E-state index in [2.05, 4.69) is 15.2 Å². The number of H-pyrrole nitrogens is 1. The van der Waals surface area contributed by atoms with Gasteiger partial charge in [0.1, 0.15) is 11.4 Å². The fourth-order valence-corrected chi connectivity index (χ4v) is 1.50. The summed E-state index contributed by atoms with van der Waals surface area (Å²) in [4.78, 5) is 14.7. The third kappa shape index (κ3) is 2.95. The lowest BCUT2D eigenvalue weighted by atomic mass is 10.2. The molecule has 0 spiro atoms. The second-order valence-electron chi connectivity index (χ2n) is 3.82. The number of nitrogens with zero attached hydrogens (tertiary/aromatic N) is 2. The number of nitrogens with one attached hydrogen (secondary N) is 1. The van der Waals surface area contributed by atoms with E-state index in [0.717, 1.165) is 12.3 Å². The van der Waals surface area contributed by atoms with Crippen LogP contribution in [0.5, 0.6) is 0 Å². The van der Waals surface area contributed by atoms with Crippen LogP contribution >= 0.6 is 0 Å². The highest BCUT2D eigenvalue weighted by Gasteiger charge is 2.32. The van der Waals surface area contributed by atoms with Gasteiger partial charge < -0.3 is 4.74 Å². The molecule has 106 valence electrons. The summed E-state index contributed by atoms with van der Waals surface area (Å²) in [6.07, 6.45) is -3.44. The number of halogens is 3. The fraction of sp³-hybridized carbons (Fsp3) is 0.250. The lowest BCUT2D eigenvalue weighted by Gasteiger charge is -2.05. The monoisotopic (exact) mass is 285 g/mol. The van der Waals surface area contributed by atoms with Crippen LogP contribution in [-0.4, -0.2) is 27.8 Å². The quantitative estimate of drug-likeness (QED) is 0.880. The number of carbonyl (C=O) groups is 1. The molecular weight excluding hydrogens is 275 g/mol. The van der Waals surface area contributed by atoms with E-state index in [-0.39, 0.29) is 12.3 Å². The lowest BCUT2D eigenvalue weighted by molar-refractivity contribution is -0.141. The second-order valence-corrected chi connectivity index (χ2v) is 3.82. The molecule has 0 bridgehead atoms. The van der Waals surface area contributed by atoms with Gasteiger partial charge in [0.2, 0.25) is 0 Å². The first-order valence-corrected chi connectivity index (χ1v) is 5.68. The molecule has 0 aliphatic carbocycles. The number of esters is 1. The minimum absolute atomic E-state index is 0.127. The number of aromatic nitrogens is 3. The molecule has 5 nitrogen and oxygen atoms in total. The molecule has 8 heteroatoms. The van der Waals surface area contributed by atoms with Crippen molar-refractivity contribution >= 4 is 5.97 Å². The summed E-state index contributed by atoms with van der Waals surface area (Å²) in [5, 5.41) is 6.29. The predicted octanol–water partition coefficient (Wildman–Crippen LogP) is 2.67. The van der Waals surface area contributed by atoms with Crippen molar-refractivity contribution in [1.29, 1.82) is 0 Å². The van der Waals surface area contributed by atoms with E-state index in [1.165, 1.54) is 12.1 Å². The first-order chi connectivity index (χ1) is 9.41. The van der Waals surface area contributed by atoms with Gasteiger partial charge in [-0.25, -0.2) is 4.79 Å². The van der Waals surface area contributed by atoms with Gasteiger partial charge >= 0.3 is 12.1 Å². The van der Waals surface area contributed by atoms with Crippen molar-refractivity contribution < 1.29 is 22.7 Å². The number of alkyl halides is 3. The maximum absolute atomic E-state index is 12.4. The summed E-state index contributed by atoms with van der Waals surface area (Å²) in [6.45, 7) is 1.88. The Morgan fingerprint density at radius 3 is 2.70 bits per heavy atom. The van der Waals surface area contributed by atoms with Crippen LogP contribution < -0.4 is 0 Å². The summed E-state index contributed by atoms with van der Waals surface area (Å²) >= 11 is 0. The zero-order valence-electron chi connectivity index (χ0n) is 10.4. The molecule has 0 aromatic carbocycles. The molecule has 20 heavy (non-hydrogen) atoms. The van der Waals surface area contributed by atoms with Crippen LogP contribution in [0.3, 0.4) is 0 Å². The first kappa shape index (κ1) is 14.0. The largest absolute Gasteiger partial charge is 0.461 e. The van der Waals surface area contributed by atoms with Crippen molar-refractivity contribution in [3.8, 4) is 11.3 Å². The Balaban J connectivity index is 2.22. The maximum atomic E-state index is 12.4. The number of hydrogen-bond donors (Lipinski definition) is 1. The summed E-state index contributed by atoms with van der Waals surface area (Å²) < 4.78 is 41.9. The number of carbonyl (C=O) groups excluding carboxylic acids is 1. The van der Waals surface area contributed by atoms with Gasteiger partial charge in [0.05, 0.1) is 12.3 Å². The van der Waals surface area contributed by atoms with Gasteiger partial charge in [0.25, 0.3) is 0 Å².